The zero-order chi connectivity index (χ0) is 15.4. The van der Waals surface area contributed by atoms with Crippen LogP contribution in [0.25, 0.3) is 0 Å². The molecule has 4 heteroatoms. The number of carbonyl (C=O) groups excluding carboxylic acids is 1. The summed E-state index contributed by atoms with van der Waals surface area (Å²) in [6.07, 6.45) is 0. The third-order valence-corrected chi connectivity index (χ3v) is 3.19. The number of hydrogen-bond acceptors (Lipinski definition) is 2. The van der Waals surface area contributed by atoms with Crippen LogP contribution in [0.2, 0.25) is 0 Å². The topological polar surface area (TPSA) is 41.1 Å². The predicted molar refractivity (Wildman–Crippen MR) is 90.8 cm³/mol. The van der Waals surface area contributed by atoms with Gasteiger partial charge < -0.3 is 5.32 Å². The third-order valence-electron chi connectivity index (χ3n) is 2.99. The van der Waals surface area contributed by atoms with E-state index in [9.17, 15) is 4.79 Å². The van der Waals surface area contributed by atoms with Crippen LogP contribution >= 0.6 is 12.2 Å². The standard InChI is InChI=1S/C17H18N2OS/c1-11-5-4-6-14(8-11)16(20)19-17(21)18-15-9-12(2)7-13(3)10-15/h4-10H,1-3H3,(H2,18,19,20,21). The van der Waals surface area contributed by atoms with Crippen LogP contribution in [0, 0.1) is 20.8 Å². The number of benzene rings is 2. The highest BCUT2D eigenvalue weighted by molar-refractivity contribution is 7.80. The van der Waals surface area contributed by atoms with Gasteiger partial charge in [-0.05, 0) is 68.4 Å². The Morgan fingerprint density at radius 1 is 0.952 bits per heavy atom. The fourth-order valence-corrected chi connectivity index (χ4v) is 2.38. The molecule has 0 aliphatic carbocycles. The molecule has 0 atom stereocenters. The highest BCUT2D eigenvalue weighted by Gasteiger charge is 2.08. The number of aryl methyl sites for hydroxylation is 3. The summed E-state index contributed by atoms with van der Waals surface area (Å²) in [6, 6.07) is 13.4. The Morgan fingerprint density at radius 2 is 1.62 bits per heavy atom. The number of carbonyl (C=O) groups is 1. The van der Waals surface area contributed by atoms with Crippen LogP contribution in [0.5, 0.6) is 0 Å². The number of rotatable bonds is 2. The summed E-state index contributed by atoms with van der Waals surface area (Å²) in [4.78, 5) is 12.1. The Morgan fingerprint density at radius 3 is 2.24 bits per heavy atom. The summed E-state index contributed by atoms with van der Waals surface area (Å²) in [6.45, 7) is 5.99. The van der Waals surface area contributed by atoms with Crippen LogP contribution in [0.3, 0.4) is 0 Å². The Kier molecular flexibility index (Phi) is 4.70. The first-order valence-corrected chi connectivity index (χ1v) is 7.12. The van der Waals surface area contributed by atoms with Crippen molar-refractivity contribution in [3.63, 3.8) is 0 Å². The molecule has 0 saturated heterocycles. The summed E-state index contributed by atoms with van der Waals surface area (Å²) < 4.78 is 0. The molecule has 2 N–H and O–H groups in total. The van der Waals surface area contributed by atoms with Gasteiger partial charge in [-0.3, -0.25) is 10.1 Å². The molecule has 0 aliphatic rings. The molecule has 108 valence electrons. The molecule has 2 rings (SSSR count). The molecule has 2 aromatic carbocycles. The molecule has 0 unspecified atom stereocenters. The van der Waals surface area contributed by atoms with E-state index in [1.54, 1.807) is 6.07 Å². The largest absolute Gasteiger partial charge is 0.332 e. The minimum absolute atomic E-state index is 0.208. The summed E-state index contributed by atoms with van der Waals surface area (Å²) in [7, 11) is 0. The van der Waals surface area contributed by atoms with Crippen LogP contribution in [0.1, 0.15) is 27.0 Å². The van der Waals surface area contributed by atoms with Gasteiger partial charge in [-0.15, -0.1) is 0 Å². The van der Waals surface area contributed by atoms with Crippen molar-refractivity contribution in [1.82, 2.24) is 5.32 Å². The Labute approximate surface area is 130 Å². The zero-order valence-corrected chi connectivity index (χ0v) is 13.2. The fraction of sp³-hybridized carbons (Fsp3) is 0.176. The Balaban J connectivity index is 2.03. The van der Waals surface area contributed by atoms with Crippen LogP contribution in [-0.2, 0) is 0 Å². The third kappa shape index (κ3) is 4.39. The lowest BCUT2D eigenvalue weighted by Crippen LogP contribution is -2.34. The van der Waals surface area contributed by atoms with Crippen molar-refractivity contribution in [2.24, 2.45) is 0 Å². The zero-order valence-electron chi connectivity index (χ0n) is 12.4. The van der Waals surface area contributed by atoms with Crippen molar-refractivity contribution in [2.75, 3.05) is 5.32 Å². The Hall–Kier alpha value is -2.20. The lowest BCUT2D eigenvalue weighted by molar-refractivity contribution is 0.0977. The second kappa shape index (κ2) is 6.50. The van der Waals surface area contributed by atoms with Gasteiger partial charge in [-0.1, -0.05) is 23.8 Å². The van der Waals surface area contributed by atoms with Gasteiger partial charge in [-0.2, -0.15) is 0 Å². The molecule has 21 heavy (non-hydrogen) atoms. The molecule has 0 saturated carbocycles. The average Bonchev–Trinajstić information content (AvgIpc) is 2.37. The van der Waals surface area contributed by atoms with Gasteiger partial charge in [0, 0.05) is 11.3 Å². The molecule has 2 aromatic rings. The van der Waals surface area contributed by atoms with Gasteiger partial charge in [0.15, 0.2) is 5.11 Å². The van der Waals surface area contributed by atoms with Gasteiger partial charge in [0.1, 0.15) is 0 Å². The monoisotopic (exact) mass is 298 g/mol. The van der Waals surface area contributed by atoms with E-state index in [0.717, 1.165) is 22.4 Å². The number of hydrogen-bond donors (Lipinski definition) is 2. The first-order valence-electron chi connectivity index (χ1n) is 6.71. The van der Waals surface area contributed by atoms with E-state index in [0.29, 0.717) is 10.7 Å². The lowest BCUT2D eigenvalue weighted by atomic mass is 10.1. The summed E-state index contributed by atoms with van der Waals surface area (Å²) in [5, 5.41) is 6.03. The lowest BCUT2D eigenvalue weighted by Gasteiger charge is -2.11. The van der Waals surface area contributed by atoms with E-state index in [1.807, 2.05) is 51.1 Å². The molecule has 0 heterocycles. The molecule has 0 bridgehead atoms. The van der Waals surface area contributed by atoms with E-state index in [1.165, 1.54) is 0 Å². The minimum atomic E-state index is -0.208. The van der Waals surface area contributed by atoms with Crippen molar-refractivity contribution in [1.29, 1.82) is 0 Å². The van der Waals surface area contributed by atoms with E-state index < -0.39 is 0 Å². The van der Waals surface area contributed by atoms with Gasteiger partial charge >= 0.3 is 0 Å². The molecule has 3 nitrogen and oxygen atoms in total. The maximum Gasteiger partial charge on any atom is 0.257 e. The van der Waals surface area contributed by atoms with Crippen LogP contribution in [0.4, 0.5) is 5.69 Å². The van der Waals surface area contributed by atoms with Crippen molar-refractivity contribution in [3.8, 4) is 0 Å². The van der Waals surface area contributed by atoms with Gasteiger partial charge in [0.25, 0.3) is 5.91 Å². The maximum atomic E-state index is 12.1. The van der Waals surface area contributed by atoms with Crippen LogP contribution in [-0.4, -0.2) is 11.0 Å². The van der Waals surface area contributed by atoms with Crippen LogP contribution < -0.4 is 10.6 Å². The smallest absolute Gasteiger partial charge is 0.257 e. The molecule has 0 aromatic heterocycles. The molecular weight excluding hydrogens is 280 g/mol. The van der Waals surface area contributed by atoms with Crippen molar-refractivity contribution >= 4 is 28.9 Å². The number of anilines is 1. The number of amides is 1. The first-order chi connectivity index (χ1) is 9.94. The van der Waals surface area contributed by atoms with E-state index in [2.05, 4.69) is 16.7 Å². The first kappa shape index (κ1) is 15.2. The normalized spacial score (nSPS) is 10.0. The number of nitrogens with one attached hydrogen (secondary N) is 2. The molecule has 1 amide bonds. The van der Waals surface area contributed by atoms with E-state index in [-0.39, 0.29) is 5.91 Å². The molecular formula is C17H18N2OS. The average molecular weight is 298 g/mol. The van der Waals surface area contributed by atoms with Crippen LogP contribution in [0.15, 0.2) is 42.5 Å². The fourth-order valence-electron chi connectivity index (χ4n) is 2.17. The second-order valence-electron chi connectivity index (χ2n) is 5.15. The Bertz CT molecular complexity index is 675. The SMILES string of the molecule is Cc1cc(C)cc(NC(=S)NC(=O)c2cccc(C)c2)c1. The highest BCUT2D eigenvalue weighted by atomic mass is 32.1. The summed E-state index contributed by atoms with van der Waals surface area (Å²) in [5.41, 5.74) is 4.80. The summed E-state index contributed by atoms with van der Waals surface area (Å²) in [5.74, 6) is -0.208. The molecule has 0 aliphatic heterocycles. The second-order valence-corrected chi connectivity index (χ2v) is 5.56. The minimum Gasteiger partial charge on any atom is -0.332 e. The highest BCUT2D eigenvalue weighted by Crippen LogP contribution is 2.13. The van der Waals surface area contributed by atoms with Crippen molar-refractivity contribution < 1.29 is 4.79 Å². The summed E-state index contributed by atoms with van der Waals surface area (Å²) >= 11 is 5.19. The molecule has 0 fully saturated rings. The quantitative estimate of drug-likeness (QED) is 0.830. The predicted octanol–water partition coefficient (Wildman–Crippen LogP) is 3.74. The molecule has 0 radical (unpaired) electrons. The van der Waals surface area contributed by atoms with Crippen molar-refractivity contribution in [2.45, 2.75) is 20.8 Å². The van der Waals surface area contributed by atoms with Gasteiger partial charge in [-0.25, -0.2) is 0 Å². The number of thiocarbonyl (C=S) groups is 1. The maximum absolute atomic E-state index is 12.1. The van der Waals surface area contributed by atoms with Crippen molar-refractivity contribution in [3.05, 3.63) is 64.7 Å². The van der Waals surface area contributed by atoms with Gasteiger partial charge in [0.2, 0.25) is 0 Å². The van der Waals surface area contributed by atoms with E-state index >= 15 is 0 Å². The van der Waals surface area contributed by atoms with E-state index in [4.69, 9.17) is 12.2 Å². The molecule has 0 spiro atoms. The van der Waals surface area contributed by atoms with Gasteiger partial charge in [0.05, 0.1) is 0 Å².